The lowest BCUT2D eigenvalue weighted by atomic mass is 10.0. The molecule has 7 rings (SSSR count). The molecule has 40 heavy (non-hydrogen) atoms. The lowest BCUT2D eigenvalue weighted by Crippen LogP contribution is -2.03. The second-order valence-corrected chi connectivity index (χ2v) is 9.39. The number of hydrogen-bond donors (Lipinski definition) is 0. The van der Waals surface area contributed by atoms with Crippen LogP contribution in [0.3, 0.4) is 0 Å². The number of fused-ring (bicyclic) bond motifs is 1. The summed E-state index contributed by atoms with van der Waals surface area (Å²) in [6, 6.07) is 46.5. The van der Waals surface area contributed by atoms with Gasteiger partial charge in [0.25, 0.3) is 0 Å². The van der Waals surface area contributed by atoms with Gasteiger partial charge in [0.1, 0.15) is 5.69 Å². The van der Waals surface area contributed by atoms with Gasteiger partial charge >= 0.3 is 0 Å². The molecule has 2 heterocycles. The van der Waals surface area contributed by atoms with E-state index in [0.29, 0.717) is 29.0 Å². The molecule has 0 spiro atoms. The lowest BCUT2D eigenvalue weighted by Gasteiger charge is -2.12. The van der Waals surface area contributed by atoms with Crippen molar-refractivity contribution in [3.63, 3.8) is 0 Å². The Morgan fingerprint density at radius 3 is 1.38 bits per heavy atom. The highest BCUT2D eigenvalue weighted by molar-refractivity contribution is 5.96. The third kappa shape index (κ3) is 4.61. The van der Waals surface area contributed by atoms with Crippen molar-refractivity contribution in [3.8, 4) is 56.9 Å². The Kier molecular flexibility index (Phi) is 6.07. The number of benzene rings is 5. The van der Waals surface area contributed by atoms with Crippen molar-refractivity contribution in [3.05, 3.63) is 140 Å². The van der Waals surface area contributed by atoms with Crippen molar-refractivity contribution < 1.29 is 0 Å². The van der Waals surface area contributed by atoms with Crippen LogP contribution in [0.25, 0.3) is 67.7 Å². The number of aromatic nitrogens is 5. The zero-order valence-corrected chi connectivity index (χ0v) is 21.5. The summed E-state index contributed by atoms with van der Waals surface area (Å²) in [7, 11) is 0. The lowest BCUT2D eigenvalue weighted by molar-refractivity contribution is 1.05. The summed E-state index contributed by atoms with van der Waals surface area (Å²) < 4.78 is 0. The smallest absolute Gasteiger partial charge is 0.182 e. The van der Waals surface area contributed by atoms with Gasteiger partial charge in [0.15, 0.2) is 23.3 Å². The van der Waals surface area contributed by atoms with Crippen molar-refractivity contribution in [2.45, 2.75) is 0 Å². The average Bonchev–Trinajstić information content (AvgIpc) is 3.05. The predicted molar refractivity (Wildman–Crippen MR) is 160 cm³/mol. The molecule has 0 aliphatic heterocycles. The first-order valence-electron chi connectivity index (χ1n) is 13.1. The fraction of sp³-hybridized carbons (Fsp3) is 0. The minimum atomic E-state index is 0.494. The molecule has 188 valence electrons. The van der Waals surface area contributed by atoms with Crippen molar-refractivity contribution in [2.75, 3.05) is 0 Å². The summed E-state index contributed by atoms with van der Waals surface area (Å²) in [6.45, 7) is 0. The van der Waals surface area contributed by atoms with E-state index in [1.165, 1.54) is 0 Å². The first-order chi connectivity index (χ1) is 19.8. The van der Waals surface area contributed by atoms with Gasteiger partial charge in [-0.15, -0.1) is 0 Å². The molecule has 0 aliphatic carbocycles. The third-order valence-corrected chi connectivity index (χ3v) is 6.75. The monoisotopic (exact) mass is 513 g/mol. The van der Waals surface area contributed by atoms with Crippen LogP contribution in [0.2, 0.25) is 0 Å². The van der Waals surface area contributed by atoms with Gasteiger partial charge in [-0.1, -0.05) is 133 Å². The normalized spacial score (nSPS) is 11.0. The maximum atomic E-state index is 5.03. The van der Waals surface area contributed by atoms with Gasteiger partial charge in [0, 0.05) is 22.3 Å². The van der Waals surface area contributed by atoms with E-state index in [-0.39, 0.29) is 0 Å². The molecule has 0 amide bonds. The fourth-order valence-corrected chi connectivity index (χ4v) is 4.79. The SMILES string of the molecule is c1ccc(-c2nc(-c3nc(-c4ccccc4)nc(-c4ccccc4)n3)cc(-c3cccc4ccccc34)n2)cc1. The van der Waals surface area contributed by atoms with Gasteiger partial charge in [-0.05, 0) is 16.8 Å². The summed E-state index contributed by atoms with van der Waals surface area (Å²) in [5, 5.41) is 2.28. The molecule has 7 aromatic rings. The van der Waals surface area contributed by atoms with Crippen molar-refractivity contribution >= 4 is 10.8 Å². The molecule has 0 atom stereocenters. The minimum absolute atomic E-state index is 0.494. The van der Waals surface area contributed by atoms with Gasteiger partial charge in [0.2, 0.25) is 0 Å². The molecule has 0 aliphatic rings. The number of rotatable bonds is 5. The maximum Gasteiger partial charge on any atom is 0.182 e. The molecule has 0 radical (unpaired) electrons. The van der Waals surface area contributed by atoms with Crippen molar-refractivity contribution in [1.29, 1.82) is 0 Å². The van der Waals surface area contributed by atoms with Crippen molar-refractivity contribution in [1.82, 2.24) is 24.9 Å². The van der Waals surface area contributed by atoms with E-state index in [1.807, 2.05) is 103 Å². The van der Waals surface area contributed by atoms with E-state index in [0.717, 1.165) is 38.7 Å². The molecule has 5 nitrogen and oxygen atoms in total. The Bertz CT molecular complexity index is 1880. The van der Waals surface area contributed by atoms with E-state index in [4.69, 9.17) is 24.9 Å². The first-order valence-corrected chi connectivity index (χ1v) is 13.1. The molecule has 5 aromatic carbocycles. The van der Waals surface area contributed by atoms with Crippen LogP contribution in [-0.2, 0) is 0 Å². The second-order valence-electron chi connectivity index (χ2n) is 9.39. The van der Waals surface area contributed by atoms with Gasteiger partial charge in [-0.2, -0.15) is 0 Å². The summed E-state index contributed by atoms with van der Waals surface area (Å²) in [5.74, 6) is 2.30. The minimum Gasteiger partial charge on any atom is -0.228 e. The van der Waals surface area contributed by atoms with E-state index in [9.17, 15) is 0 Å². The van der Waals surface area contributed by atoms with Crippen LogP contribution in [0.5, 0.6) is 0 Å². The Morgan fingerprint density at radius 2 is 0.775 bits per heavy atom. The quantitative estimate of drug-likeness (QED) is 0.232. The van der Waals surface area contributed by atoms with Crippen molar-refractivity contribution in [2.24, 2.45) is 0 Å². The molecule has 5 heteroatoms. The zero-order valence-electron chi connectivity index (χ0n) is 21.5. The van der Waals surface area contributed by atoms with Crippen LogP contribution in [-0.4, -0.2) is 24.9 Å². The predicted octanol–water partition coefficient (Wildman–Crippen LogP) is 8.15. The van der Waals surface area contributed by atoms with Crippen LogP contribution >= 0.6 is 0 Å². The molecule has 0 N–H and O–H groups in total. The highest BCUT2D eigenvalue weighted by Crippen LogP contribution is 2.32. The first kappa shape index (κ1) is 23.6. The standard InChI is InChI=1S/C35H23N5/c1-4-14-25(15-5-1)32-36-30(29-22-12-20-24-13-10-11-21-28(24)29)23-31(37-32)35-39-33(26-16-6-2-7-17-26)38-34(40-35)27-18-8-3-9-19-27/h1-23H. The van der Waals surface area contributed by atoms with Crippen LogP contribution in [0.4, 0.5) is 0 Å². The molecule has 0 saturated heterocycles. The number of nitrogens with zero attached hydrogens (tertiary/aromatic N) is 5. The fourth-order valence-electron chi connectivity index (χ4n) is 4.79. The highest BCUT2D eigenvalue weighted by atomic mass is 15.1. The van der Waals surface area contributed by atoms with Crippen LogP contribution in [0.15, 0.2) is 140 Å². The topological polar surface area (TPSA) is 64.5 Å². The van der Waals surface area contributed by atoms with Crippen LogP contribution in [0.1, 0.15) is 0 Å². The van der Waals surface area contributed by atoms with E-state index >= 15 is 0 Å². The summed E-state index contributed by atoms with van der Waals surface area (Å²) in [6.07, 6.45) is 0. The van der Waals surface area contributed by atoms with Crippen LogP contribution < -0.4 is 0 Å². The van der Waals surface area contributed by atoms with E-state index in [2.05, 4.69) is 36.4 Å². The molecule has 0 bridgehead atoms. The highest BCUT2D eigenvalue weighted by Gasteiger charge is 2.17. The Hall–Kier alpha value is -5.55. The molecule has 2 aromatic heterocycles. The summed E-state index contributed by atoms with van der Waals surface area (Å²) >= 11 is 0. The average molecular weight is 514 g/mol. The third-order valence-electron chi connectivity index (χ3n) is 6.75. The van der Waals surface area contributed by atoms with Gasteiger partial charge in [0.05, 0.1) is 5.69 Å². The number of hydrogen-bond acceptors (Lipinski definition) is 5. The Balaban J connectivity index is 1.48. The second kappa shape index (κ2) is 10.3. The zero-order chi connectivity index (χ0) is 26.7. The van der Waals surface area contributed by atoms with Crippen LogP contribution in [0, 0.1) is 0 Å². The summed E-state index contributed by atoms with van der Waals surface area (Å²) in [4.78, 5) is 24.7. The molecule has 0 saturated carbocycles. The Morgan fingerprint density at radius 1 is 0.325 bits per heavy atom. The largest absolute Gasteiger partial charge is 0.228 e. The van der Waals surface area contributed by atoms with E-state index < -0.39 is 0 Å². The van der Waals surface area contributed by atoms with E-state index in [1.54, 1.807) is 0 Å². The molecular formula is C35H23N5. The molecule has 0 fully saturated rings. The van der Waals surface area contributed by atoms with Gasteiger partial charge < -0.3 is 0 Å². The molecule has 0 unspecified atom stereocenters. The maximum absolute atomic E-state index is 5.03. The molecular weight excluding hydrogens is 490 g/mol. The summed E-state index contributed by atoms with van der Waals surface area (Å²) in [5.41, 5.74) is 5.22. The van der Waals surface area contributed by atoms with Gasteiger partial charge in [-0.3, -0.25) is 0 Å². The Labute approximate surface area is 231 Å². The van der Waals surface area contributed by atoms with Gasteiger partial charge in [-0.25, -0.2) is 24.9 Å².